The number of pyridine rings is 1. The Balaban J connectivity index is 1.78. The zero-order valence-corrected chi connectivity index (χ0v) is 17.4. The highest BCUT2D eigenvalue weighted by molar-refractivity contribution is 7.22. The molecule has 2 aromatic carbocycles. The summed E-state index contributed by atoms with van der Waals surface area (Å²) in [4.78, 5) is 24.3. The van der Waals surface area contributed by atoms with E-state index in [1.165, 1.54) is 11.3 Å². The third-order valence-corrected chi connectivity index (χ3v) is 6.00. The maximum absolute atomic E-state index is 13.4. The van der Waals surface area contributed by atoms with Crippen molar-refractivity contribution < 1.29 is 9.53 Å². The van der Waals surface area contributed by atoms with Gasteiger partial charge in [0, 0.05) is 11.8 Å². The number of aryl methyl sites for hydroxylation is 2. The molecule has 0 atom stereocenters. The zero-order chi connectivity index (χ0) is 20.4. The number of amides is 1. The van der Waals surface area contributed by atoms with E-state index in [0.29, 0.717) is 23.0 Å². The normalized spacial score (nSPS) is 10.9. The summed E-state index contributed by atoms with van der Waals surface area (Å²) in [6, 6.07) is 17.0. The van der Waals surface area contributed by atoms with Crippen LogP contribution in [-0.2, 0) is 6.54 Å². The molecule has 4 rings (SSSR count). The smallest absolute Gasteiger partial charge is 0.260 e. The molecule has 0 radical (unpaired) electrons. The molecule has 146 valence electrons. The minimum Gasteiger partial charge on any atom is -0.497 e. The van der Waals surface area contributed by atoms with Gasteiger partial charge >= 0.3 is 0 Å². The van der Waals surface area contributed by atoms with E-state index in [4.69, 9.17) is 9.72 Å². The van der Waals surface area contributed by atoms with Crippen LogP contribution < -0.4 is 9.64 Å². The minimum absolute atomic E-state index is 0.118. The van der Waals surface area contributed by atoms with Gasteiger partial charge in [-0.15, -0.1) is 0 Å². The second kappa shape index (κ2) is 8.01. The number of fused-ring (bicyclic) bond motifs is 1. The molecule has 5 nitrogen and oxygen atoms in total. The molecule has 0 aliphatic rings. The molecule has 2 heterocycles. The molecule has 2 aromatic heterocycles. The third-order valence-electron chi connectivity index (χ3n) is 4.79. The van der Waals surface area contributed by atoms with Gasteiger partial charge < -0.3 is 4.74 Å². The number of carbonyl (C=O) groups excluding carboxylic acids is 1. The number of aromatic nitrogens is 2. The average Bonchev–Trinajstić information content (AvgIpc) is 3.21. The SMILES string of the molecule is COc1ccc(C(=O)N(Cc2ccccn2)c2nc3c(C)ccc(C)c3s2)cc1. The summed E-state index contributed by atoms with van der Waals surface area (Å²) in [7, 11) is 1.61. The van der Waals surface area contributed by atoms with Crippen LogP contribution in [-0.4, -0.2) is 23.0 Å². The van der Waals surface area contributed by atoms with Gasteiger partial charge in [0.1, 0.15) is 5.75 Å². The van der Waals surface area contributed by atoms with Gasteiger partial charge in [0.05, 0.1) is 29.6 Å². The number of thiazole rings is 1. The van der Waals surface area contributed by atoms with Gasteiger partial charge in [-0.05, 0) is 61.4 Å². The third kappa shape index (κ3) is 3.84. The van der Waals surface area contributed by atoms with Crippen molar-refractivity contribution in [2.24, 2.45) is 0 Å². The van der Waals surface area contributed by atoms with Crippen LogP contribution in [0.25, 0.3) is 10.2 Å². The Morgan fingerprint density at radius 1 is 1.03 bits per heavy atom. The fourth-order valence-electron chi connectivity index (χ4n) is 3.13. The van der Waals surface area contributed by atoms with Crippen LogP contribution in [0, 0.1) is 13.8 Å². The van der Waals surface area contributed by atoms with Crippen molar-refractivity contribution in [1.82, 2.24) is 9.97 Å². The van der Waals surface area contributed by atoms with Gasteiger partial charge in [-0.2, -0.15) is 0 Å². The first-order valence-corrected chi connectivity index (χ1v) is 10.1. The van der Waals surface area contributed by atoms with Gasteiger partial charge in [0.25, 0.3) is 5.91 Å². The van der Waals surface area contributed by atoms with Crippen LogP contribution in [0.15, 0.2) is 60.8 Å². The number of methoxy groups -OCH3 is 1. The van der Waals surface area contributed by atoms with Gasteiger partial charge in [0.15, 0.2) is 5.13 Å². The maximum atomic E-state index is 13.4. The first-order valence-electron chi connectivity index (χ1n) is 9.29. The predicted molar refractivity (Wildman–Crippen MR) is 117 cm³/mol. The van der Waals surface area contributed by atoms with E-state index in [9.17, 15) is 4.79 Å². The number of hydrogen-bond acceptors (Lipinski definition) is 5. The van der Waals surface area contributed by atoms with Gasteiger partial charge in [-0.25, -0.2) is 4.98 Å². The van der Waals surface area contributed by atoms with Crippen molar-refractivity contribution in [2.45, 2.75) is 20.4 Å². The lowest BCUT2D eigenvalue weighted by molar-refractivity contribution is 0.0985. The molecule has 0 saturated carbocycles. The quantitative estimate of drug-likeness (QED) is 0.462. The molecule has 0 aliphatic heterocycles. The van der Waals surface area contributed by atoms with E-state index >= 15 is 0 Å². The lowest BCUT2D eigenvalue weighted by Crippen LogP contribution is -2.30. The molecule has 0 N–H and O–H groups in total. The average molecular weight is 404 g/mol. The molecule has 0 saturated heterocycles. The van der Waals surface area contributed by atoms with E-state index in [0.717, 1.165) is 27.0 Å². The van der Waals surface area contributed by atoms with Crippen LogP contribution in [0.4, 0.5) is 5.13 Å². The Bertz CT molecular complexity index is 1120. The highest BCUT2D eigenvalue weighted by atomic mass is 32.1. The number of carbonyl (C=O) groups is 1. The van der Waals surface area contributed by atoms with Crippen molar-refractivity contribution in [1.29, 1.82) is 0 Å². The van der Waals surface area contributed by atoms with Crippen LogP contribution >= 0.6 is 11.3 Å². The van der Waals surface area contributed by atoms with Crippen molar-refractivity contribution in [3.63, 3.8) is 0 Å². The number of rotatable bonds is 5. The van der Waals surface area contributed by atoms with Crippen LogP contribution in [0.5, 0.6) is 5.75 Å². The first-order chi connectivity index (χ1) is 14.1. The van der Waals surface area contributed by atoms with Crippen molar-refractivity contribution >= 4 is 32.6 Å². The standard InChI is InChI=1S/C23H21N3O2S/c1-15-7-8-16(2)21-20(15)25-23(29-21)26(14-18-6-4-5-13-24-18)22(27)17-9-11-19(28-3)12-10-17/h4-13H,14H2,1-3H3. The Hall–Kier alpha value is -3.25. The Morgan fingerprint density at radius 2 is 1.79 bits per heavy atom. The van der Waals surface area contributed by atoms with Crippen molar-refractivity contribution in [2.75, 3.05) is 12.0 Å². The predicted octanol–water partition coefficient (Wildman–Crippen LogP) is 5.16. The summed E-state index contributed by atoms with van der Waals surface area (Å²) in [6.45, 7) is 4.46. The molecule has 29 heavy (non-hydrogen) atoms. The second-order valence-electron chi connectivity index (χ2n) is 6.81. The van der Waals surface area contributed by atoms with Crippen LogP contribution in [0.1, 0.15) is 27.2 Å². The summed E-state index contributed by atoms with van der Waals surface area (Å²) < 4.78 is 6.32. The molecule has 1 amide bonds. The molecule has 0 bridgehead atoms. The summed E-state index contributed by atoms with van der Waals surface area (Å²) in [5.74, 6) is 0.594. The number of hydrogen-bond donors (Lipinski definition) is 0. The Morgan fingerprint density at radius 3 is 2.45 bits per heavy atom. The highest BCUT2D eigenvalue weighted by Gasteiger charge is 2.23. The van der Waals surface area contributed by atoms with Gasteiger partial charge in [-0.3, -0.25) is 14.7 Å². The fourth-order valence-corrected chi connectivity index (χ4v) is 4.24. The number of ether oxygens (including phenoxy) is 1. The molecular formula is C23H21N3O2S. The largest absolute Gasteiger partial charge is 0.497 e. The Kier molecular flexibility index (Phi) is 5.27. The first kappa shape index (κ1) is 19.1. The van der Waals surface area contributed by atoms with E-state index in [2.05, 4.69) is 24.0 Å². The lowest BCUT2D eigenvalue weighted by Gasteiger charge is -2.19. The molecule has 0 aliphatic carbocycles. The minimum atomic E-state index is -0.118. The maximum Gasteiger partial charge on any atom is 0.260 e. The number of benzene rings is 2. The van der Waals surface area contributed by atoms with E-state index in [1.807, 2.05) is 25.1 Å². The van der Waals surface area contributed by atoms with E-state index in [-0.39, 0.29) is 5.91 Å². The highest BCUT2D eigenvalue weighted by Crippen LogP contribution is 2.34. The van der Waals surface area contributed by atoms with E-state index in [1.54, 1.807) is 42.5 Å². The summed E-state index contributed by atoms with van der Waals surface area (Å²) in [6.07, 6.45) is 1.73. The van der Waals surface area contributed by atoms with Gasteiger partial charge in [-0.1, -0.05) is 29.5 Å². The molecule has 0 spiro atoms. The van der Waals surface area contributed by atoms with Gasteiger partial charge in [0.2, 0.25) is 0 Å². The number of nitrogens with zero attached hydrogens (tertiary/aromatic N) is 3. The lowest BCUT2D eigenvalue weighted by atomic mass is 10.1. The molecule has 0 fully saturated rings. The Labute approximate surface area is 173 Å². The van der Waals surface area contributed by atoms with Crippen LogP contribution in [0.3, 0.4) is 0 Å². The van der Waals surface area contributed by atoms with E-state index < -0.39 is 0 Å². The zero-order valence-electron chi connectivity index (χ0n) is 16.5. The van der Waals surface area contributed by atoms with Crippen molar-refractivity contribution in [3.05, 3.63) is 83.2 Å². The monoisotopic (exact) mass is 403 g/mol. The summed E-state index contributed by atoms with van der Waals surface area (Å²) in [5, 5.41) is 0.670. The topological polar surface area (TPSA) is 55.3 Å². The fraction of sp³-hybridized carbons (Fsp3) is 0.174. The van der Waals surface area contributed by atoms with Crippen LogP contribution in [0.2, 0.25) is 0 Å². The summed E-state index contributed by atoms with van der Waals surface area (Å²) in [5.41, 5.74) is 4.59. The molecule has 4 aromatic rings. The molecule has 6 heteroatoms. The molecule has 0 unspecified atom stereocenters. The molecular weight excluding hydrogens is 382 g/mol. The summed E-state index contributed by atoms with van der Waals surface area (Å²) >= 11 is 1.54. The number of anilines is 1. The second-order valence-corrected chi connectivity index (χ2v) is 7.79. The van der Waals surface area contributed by atoms with Crippen molar-refractivity contribution in [3.8, 4) is 5.75 Å².